The normalized spacial score (nSPS) is 20.3. The zero-order valence-corrected chi connectivity index (χ0v) is 11.2. The van der Waals surface area contributed by atoms with Crippen molar-refractivity contribution < 1.29 is 13.2 Å². The molecule has 1 aromatic carbocycles. The molecule has 0 aliphatic carbocycles. The molecule has 1 heterocycles. The Bertz CT molecular complexity index is 608. The van der Waals surface area contributed by atoms with E-state index in [4.69, 9.17) is 5.73 Å². The summed E-state index contributed by atoms with van der Waals surface area (Å²) in [7, 11) is -3.13. The first-order valence-corrected chi connectivity index (χ1v) is 7.71. The topological polar surface area (TPSA) is 89.3 Å². The fourth-order valence-corrected chi connectivity index (χ4v) is 3.19. The highest BCUT2D eigenvalue weighted by Gasteiger charge is 2.22. The van der Waals surface area contributed by atoms with E-state index in [1.54, 1.807) is 6.07 Å². The van der Waals surface area contributed by atoms with Gasteiger partial charge in [0.05, 0.1) is 11.8 Å². The summed E-state index contributed by atoms with van der Waals surface area (Å²) in [4.78, 5) is 11.7. The number of carbonyl (C=O) groups excluding carboxylic acids is 1. The number of nitrogen functional groups attached to an aromatic ring is 1. The fraction of sp³-hybridized carbons (Fsp3) is 0.308. The molecule has 0 bridgehead atoms. The zero-order valence-electron chi connectivity index (χ0n) is 10.4. The molecule has 1 atom stereocenters. The van der Waals surface area contributed by atoms with Crippen molar-refractivity contribution in [1.82, 2.24) is 5.32 Å². The average Bonchev–Trinajstić information content (AvgIpc) is 2.66. The van der Waals surface area contributed by atoms with Gasteiger partial charge >= 0.3 is 0 Å². The van der Waals surface area contributed by atoms with Crippen LogP contribution in [0.3, 0.4) is 0 Å². The minimum Gasteiger partial charge on any atom is -0.399 e. The van der Waals surface area contributed by atoms with Crippen LogP contribution in [0.1, 0.15) is 12.0 Å². The maximum atomic E-state index is 11.7. The maximum absolute atomic E-state index is 11.7. The molecule has 1 amide bonds. The highest BCUT2D eigenvalue weighted by molar-refractivity contribution is 7.94. The SMILES string of the molecule is Nc1cccc(CCC(=O)NC2C=CS(=O)(=O)C2)c1. The lowest BCUT2D eigenvalue weighted by atomic mass is 10.1. The Labute approximate surface area is 112 Å². The third-order valence-electron chi connectivity index (χ3n) is 2.87. The van der Waals surface area contributed by atoms with Crippen molar-refractivity contribution in [3.8, 4) is 0 Å². The first-order chi connectivity index (χ1) is 8.94. The lowest BCUT2D eigenvalue weighted by molar-refractivity contribution is -0.121. The molecule has 6 heteroatoms. The highest BCUT2D eigenvalue weighted by atomic mass is 32.2. The van der Waals surface area contributed by atoms with Crippen LogP contribution in [0.25, 0.3) is 0 Å². The number of amides is 1. The minimum atomic E-state index is -3.13. The van der Waals surface area contributed by atoms with Gasteiger partial charge in [-0.25, -0.2) is 8.42 Å². The summed E-state index contributed by atoms with van der Waals surface area (Å²) in [5, 5.41) is 3.83. The van der Waals surface area contributed by atoms with Crippen LogP contribution in [0.2, 0.25) is 0 Å². The number of hydrogen-bond donors (Lipinski definition) is 2. The monoisotopic (exact) mass is 280 g/mol. The number of nitrogens with two attached hydrogens (primary N) is 1. The molecule has 0 fully saturated rings. The molecule has 0 saturated heterocycles. The predicted molar refractivity (Wildman–Crippen MR) is 74.0 cm³/mol. The van der Waals surface area contributed by atoms with Crippen LogP contribution in [-0.4, -0.2) is 26.1 Å². The van der Waals surface area contributed by atoms with E-state index in [2.05, 4.69) is 5.32 Å². The molecule has 3 N–H and O–H groups in total. The lowest BCUT2D eigenvalue weighted by Crippen LogP contribution is -2.35. The van der Waals surface area contributed by atoms with Gasteiger partial charge in [0, 0.05) is 17.5 Å². The van der Waals surface area contributed by atoms with Crippen LogP contribution in [0.4, 0.5) is 5.69 Å². The summed E-state index contributed by atoms with van der Waals surface area (Å²) in [6, 6.07) is 6.96. The van der Waals surface area contributed by atoms with E-state index < -0.39 is 15.9 Å². The van der Waals surface area contributed by atoms with Crippen molar-refractivity contribution in [2.45, 2.75) is 18.9 Å². The Morgan fingerprint density at radius 1 is 1.42 bits per heavy atom. The van der Waals surface area contributed by atoms with Gasteiger partial charge in [-0.1, -0.05) is 12.1 Å². The lowest BCUT2D eigenvalue weighted by Gasteiger charge is -2.10. The summed E-state index contributed by atoms with van der Waals surface area (Å²) >= 11 is 0. The van der Waals surface area contributed by atoms with Gasteiger partial charge in [0.15, 0.2) is 9.84 Å². The molecule has 1 aliphatic rings. The Kier molecular flexibility index (Phi) is 3.90. The van der Waals surface area contributed by atoms with Crippen molar-refractivity contribution in [3.63, 3.8) is 0 Å². The first kappa shape index (κ1) is 13.6. The van der Waals surface area contributed by atoms with E-state index in [9.17, 15) is 13.2 Å². The van der Waals surface area contributed by atoms with Crippen molar-refractivity contribution >= 4 is 21.4 Å². The summed E-state index contributed by atoms with van der Waals surface area (Å²) in [6.07, 6.45) is 2.40. The van der Waals surface area contributed by atoms with Gasteiger partial charge in [0.25, 0.3) is 0 Å². The predicted octanol–water partition coefficient (Wildman–Crippen LogP) is 0.628. The van der Waals surface area contributed by atoms with Gasteiger partial charge in [0.2, 0.25) is 5.91 Å². The van der Waals surface area contributed by atoms with E-state index >= 15 is 0 Å². The Morgan fingerprint density at radius 3 is 2.84 bits per heavy atom. The average molecular weight is 280 g/mol. The largest absolute Gasteiger partial charge is 0.399 e. The molecule has 1 aromatic rings. The summed E-state index contributed by atoms with van der Waals surface area (Å²) in [5.41, 5.74) is 7.31. The summed E-state index contributed by atoms with van der Waals surface area (Å²) in [5.74, 6) is -0.203. The Morgan fingerprint density at radius 2 is 2.21 bits per heavy atom. The summed E-state index contributed by atoms with van der Waals surface area (Å²) in [6.45, 7) is 0. The van der Waals surface area contributed by atoms with Gasteiger partial charge in [-0.05, 0) is 30.2 Å². The number of nitrogens with one attached hydrogen (secondary N) is 1. The molecular formula is C13H16N2O3S. The standard InChI is InChI=1S/C13H16N2O3S/c14-11-3-1-2-10(8-11)4-5-13(16)15-12-6-7-19(17,18)9-12/h1-3,6-8,12H,4-5,9,14H2,(H,15,16). The van der Waals surface area contributed by atoms with Crippen LogP contribution < -0.4 is 11.1 Å². The van der Waals surface area contributed by atoms with Crippen molar-refractivity contribution in [2.24, 2.45) is 0 Å². The zero-order chi connectivity index (χ0) is 13.9. The number of anilines is 1. The van der Waals surface area contributed by atoms with Gasteiger partial charge < -0.3 is 11.1 Å². The number of hydrogen-bond acceptors (Lipinski definition) is 4. The number of benzene rings is 1. The quantitative estimate of drug-likeness (QED) is 0.792. The number of aryl methyl sites for hydroxylation is 1. The molecular weight excluding hydrogens is 264 g/mol. The van der Waals surface area contributed by atoms with E-state index in [0.29, 0.717) is 18.5 Å². The second kappa shape index (κ2) is 5.44. The molecule has 0 aromatic heterocycles. The third-order valence-corrected chi connectivity index (χ3v) is 4.26. The maximum Gasteiger partial charge on any atom is 0.220 e. The Balaban J connectivity index is 1.81. The minimum absolute atomic E-state index is 0.0446. The van der Waals surface area contributed by atoms with Crippen molar-refractivity contribution in [3.05, 3.63) is 41.3 Å². The van der Waals surface area contributed by atoms with E-state index in [-0.39, 0.29) is 11.7 Å². The van der Waals surface area contributed by atoms with Crippen LogP contribution in [-0.2, 0) is 21.1 Å². The first-order valence-electron chi connectivity index (χ1n) is 5.99. The molecule has 1 aliphatic heterocycles. The molecule has 2 rings (SSSR count). The van der Waals surface area contributed by atoms with Crippen molar-refractivity contribution in [1.29, 1.82) is 0 Å². The molecule has 0 spiro atoms. The van der Waals surface area contributed by atoms with Gasteiger partial charge in [-0.15, -0.1) is 0 Å². The van der Waals surface area contributed by atoms with Crippen LogP contribution in [0.15, 0.2) is 35.7 Å². The smallest absolute Gasteiger partial charge is 0.220 e. The summed E-state index contributed by atoms with van der Waals surface area (Å²) < 4.78 is 22.4. The second-order valence-corrected chi connectivity index (χ2v) is 6.51. The van der Waals surface area contributed by atoms with Gasteiger partial charge in [-0.3, -0.25) is 4.79 Å². The molecule has 1 unspecified atom stereocenters. The Hall–Kier alpha value is -1.82. The number of rotatable bonds is 4. The second-order valence-electron chi connectivity index (χ2n) is 4.58. The van der Waals surface area contributed by atoms with Crippen LogP contribution in [0.5, 0.6) is 0 Å². The number of sulfone groups is 1. The van der Waals surface area contributed by atoms with E-state index in [1.807, 2.05) is 18.2 Å². The van der Waals surface area contributed by atoms with E-state index in [1.165, 1.54) is 6.08 Å². The number of carbonyl (C=O) groups is 1. The highest BCUT2D eigenvalue weighted by Crippen LogP contribution is 2.10. The van der Waals surface area contributed by atoms with Crippen LogP contribution in [0, 0.1) is 0 Å². The molecule has 19 heavy (non-hydrogen) atoms. The van der Waals surface area contributed by atoms with E-state index in [0.717, 1.165) is 11.0 Å². The van der Waals surface area contributed by atoms with Gasteiger partial charge in [-0.2, -0.15) is 0 Å². The van der Waals surface area contributed by atoms with Crippen LogP contribution >= 0.6 is 0 Å². The molecule has 102 valence electrons. The molecule has 0 radical (unpaired) electrons. The third kappa shape index (κ3) is 4.10. The fourth-order valence-electron chi connectivity index (χ4n) is 1.95. The van der Waals surface area contributed by atoms with Gasteiger partial charge in [0.1, 0.15) is 0 Å². The molecule has 5 nitrogen and oxygen atoms in total. The molecule has 0 saturated carbocycles. The van der Waals surface area contributed by atoms with Crippen molar-refractivity contribution in [2.75, 3.05) is 11.5 Å².